The molecule has 8 heteroatoms. The molecule has 0 bridgehead atoms. The van der Waals surface area contributed by atoms with Crippen molar-refractivity contribution in [1.29, 1.82) is 0 Å². The zero-order chi connectivity index (χ0) is 19.2. The highest BCUT2D eigenvalue weighted by molar-refractivity contribution is 7.19. The van der Waals surface area contributed by atoms with Crippen LogP contribution in [0.25, 0.3) is 0 Å². The molecule has 1 aromatic heterocycles. The van der Waals surface area contributed by atoms with Gasteiger partial charge >= 0.3 is 6.03 Å². The third-order valence-corrected chi connectivity index (χ3v) is 6.83. The van der Waals surface area contributed by atoms with Gasteiger partial charge in [-0.2, -0.15) is 0 Å². The van der Waals surface area contributed by atoms with Gasteiger partial charge in [-0.25, -0.2) is 4.79 Å². The maximum atomic E-state index is 12.1. The van der Waals surface area contributed by atoms with Crippen molar-refractivity contribution >= 4 is 27.6 Å². The monoisotopic (exact) mass is 394 g/mol. The molecule has 1 unspecified atom stereocenters. The molecule has 2 N–H and O–H groups in total. The summed E-state index contributed by atoms with van der Waals surface area (Å²) in [6, 6.07) is 0.150. The van der Waals surface area contributed by atoms with Gasteiger partial charge in [-0.3, -0.25) is 10.2 Å². The number of piperazine rings is 1. The van der Waals surface area contributed by atoms with Crippen LogP contribution in [-0.2, 0) is 0 Å². The second-order valence-corrected chi connectivity index (χ2v) is 9.13. The molecule has 0 spiro atoms. The van der Waals surface area contributed by atoms with E-state index in [9.17, 15) is 4.79 Å². The highest BCUT2D eigenvalue weighted by Gasteiger charge is 2.23. The summed E-state index contributed by atoms with van der Waals surface area (Å²) in [5.74, 6) is 1.51. The van der Waals surface area contributed by atoms with E-state index in [1.54, 1.807) is 0 Å². The Hall–Kier alpha value is -1.41. The molecule has 1 aliphatic carbocycles. The smallest absolute Gasteiger partial charge is 0.321 e. The molecule has 0 aromatic carbocycles. The van der Waals surface area contributed by atoms with Crippen molar-refractivity contribution in [3.05, 3.63) is 0 Å². The van der Waals surface area contributed by atoms with Gasteiger partial charge < -0.3 is 10.2 Å². The second kappa shape index (κ2) is 9.68. The van der Waals surface area contributed by atoms with E-state index in [2.05, 4.69) is 51.4 Å². The Morgan fingerprint density at radius 3 is 2.52 bits per heavy atom. The molecular weight excluding hydrogens is 360 g/mol. The van der Waals surface area contributed by atoms with Crippen LogP contribution in [0.4, 0.5) is 15.1 Å². The standard InChI is InChI=1S/C19H34N6OS/c1-4-15(14(2)3)13-24-9-11-25(12-10-24)19-23-22-18(27-19)21-17(26)20-16-7-5-6-8-16/h14-16H,4-13H2,1-3H3,(H2,20,21,22,26). The summed E-state index contributed by atoms with van der Waals surface area (Å²) in [6.45, 7) is 12.2. The molecule has 7 nitrogen and oxygen atoms in total. The zero-order valence-corrected chi connectivity index (χ0v) is 17.7. The van der Waals surface area contributed by atoms with Gasteiger partial charge in [0.15, 0.2) is 0 Å². The molecule has 1 saturated carbocycles. The van der Waals surface area contributed by atoms with E-state index in [0.717, 1.165) is 56.0 Å². The quantitative estimate of drug-likeness (QED) is 0.741. The van der Waals surface area contributed by atoms with Gasteiger partial charge in [0.05, 0.1) is 0 Å². The van der Waals surface area contributed by atoms with Gasteiger partial charge in [-0.1, -0.05) is 51.4 Å². The molecule has 2 amide bonds. The Morgan fingerprint density at radius 2 is 1.89 bits per heavy atom. The average molecular weight is 395 g/mol. The van der Waals surface area contributed by atoms with Crippen molar-refractivity contribution in [2.24, 2.45) is 11.8 Å². The molecule has 2 fully saturated rings. The molecule has 1 saturated heterocycles. The number of aromatic nitrogens is 2. The Kier molecular flexibility index (Phi) is 7.29. The fraction of sp³-hybridized carbons (Fsp3) is 0.842. The van der Waals surface area contributed by atoms with Crippen LogP contribution < -0.4 is 15.5 Å². The maximum Gasteiger partial charge on any atom is 0.321 e. The van der Waals surface area contributed by atoms with Crippen LogP contribution >= 0.6 is 11.3 Å². The van der Waals surface area contributed by atoms with E-state index in [0.29, 0.717) is 11.2 Å². The Morgan fingerprint density at radius 1 is 1.19 bits per heavy atom. The van der Waals surface area contributed by atoms with E-state index >= 15 is 0 Å². The number of nitrogens with one attached hydrogen (secondary N) is 2. The Balaban J connectivity index is 1.44. The summed E-state index contributed by atoms with van der Waals surface area (Å²) >= 11 is 1.46. The maximum absolute atomic E-state index is 12.1. The Bertz CT molecular complexity index is 593. The number of hydrogen-bond acceptors (Lipinski definition) is 6. The van der Waals surface area contributed by atoms with Gasteiger partial charge in [0.1, 0.15) is 0 Å². The molecular formula is C19H34N6OS. The van der Waals surface area contributed by atoms with Crippen LogP contribution in [0.5, 0.6) is 0 Å². The minimum absolute atomic E-state index is 0.159. The van der Waals surface area contributed by atoms with E-state index in [4.69, 9.17) is 0 Å². The molecule has 152 valence electrons. The number of amides is 2. The summed E-state index contributed by atoms with van der Waals surface area (Å²) in [5, 5.41) is 15.8. The molecule has 1 aliphatic heterocycles. The number of carbonyl (C=O) groups is 1. The molecule has 1 aromatic rings. The number of carbonyl (C=O) groups excluding carboxylic acids is 1. The van der Waals surface area contributed by atoms with Crippen molar-refractivity contribution in [3.8, 4) is 0 Å². The van der Waals surface area contributed by atoms with Crippen molar-refractivity contribution in [3.63, 3.8) is 0 Å². The first-order valence-electron chi connectivity index (χ1n) is 10.4. The average Bonchev–Trinajstić information content (AvgIpc) is 3.32. The van der Waals surface area contributed by atoms with Crippen molar-refractivity contribution in [2.75, 3.05) is 42.9 Å². The molecule has 0 radical (unpaired) electrons. The third kappa shape index (κ3) is 5.78. The van der Waals surface area contributed by atoms with E-state index in [1.165, 1.54) is 37.1 Å². The van der Waals surface area contributed by atoms with Gasteiger partial charge in [0.25, 0.3) is 0 Å². The van der Waals surface area contributed by atoms with Crippen LogP contribution in [-0.4, -0.2) is 59.9 Å². The molecule has 2 aliphatic rings. The highest BCUT2D eigenvalue weighted by Crippen LogP contribution is 2.26. The molecule has 3 rings (SSSR count). The molecule has 1 atom stereocenters. The lowest BCUT2D eigenvalue weighted by Crippen LogP contribution is -2.48. The fourth-order valence-corrected chi connectivity index (χ4v) is 4.84. The van der Waals surface area contributed by atoms with Crippen LogP contribution in [0.15, 0.2) is 0 Å². The van der Waals surface area contributed by atoms with E-state index < -0.39 is 0 Å². The number of rotatable bonds is 7. The highest BCUT2D eigenvalue weighted by atomic mass is 32.1. The van der Waals surface area contributed by atoms with Crippen LogP contribution in [0.1, 0.15) is 52.9 Å². The van der Waals surface area contributed by atoms with E-state index in [-0.39, 0.29) is 6.03 Å². The van der Waals surface area contributed by atoms with E-state index in [1.807, 2.05) is 0 Å². The molecule has 27 heavy (non-hydrogen) atoms. The van der Waals surface area contributed by atoms with Gasteiger partial charge in [0, 0.05) is 38.8 Å². The number of urea groups is 1. The fourth-order valence-electron chi connectivity index (χ4n) is 4.05. The first-order chi connectivity index (χ1) is 13.0. The normalized spacial score (nSPS) is 20.2. The minimum atomic E-state index is -0.159. The Labute approximate surface area is 166 Å². The lowest BCUT2D eigenvalue weighted by molar-refractivity contribution is 0.188. The predicted octanol–water partition coefficient (Wildman–Crippen LogP) is 3.41. The lowest BCUT2D eigenvalue weighted by Gasteiger charge is -2.36. The summed E-state index contributed by atoms with van der Waals surface area (Å²) in [6.07, 6.45) is 5.81. The van der Waals surface area contributed by atoms with Gasteiger partial charge in [0.2, 0.25) is 10.3 Å². The lowest BCUT2D eigenvalue weighted by atomic mass is 9.92. The number of nitrogens with zero attached hydrogens (tertiary/aromatic N) is 4. The predicted molar refractivity (Wildman–Crippen MR) is 112 cm³/mol. The first-order valence-corrected chi connectivity index (χ1v) is 11.2. The topological polar surface area (TPSA) is 73.4 Å². The number of anilines is 2. The van der Waals surface area contributed by atoms with Crippen molar-refractivity contribution < 1.29 is 4.79 Å². The van der Waals surface area contributed by atoms with Crippen molar-refractivity contribution in [1.82, 2.24) is 20.4 Å². The van der Waals surface area contributed by atoms with Crippen LogP contribution in [0.2, 0.25) is 0 Å². The van der Waals surface area contributed by atoms with Crippen LogP contribution in [0.3, 0.4) is 0 Å². The second-order valence-electron chi connectivity index (χ2n) is 8.17. The third-order valence-electron chi connectivity index (χ3n) is 5.93. The summed E-state index contributed by atoms with van der Waals surface area (Å²) in [4.78, 5) is 16.9. The summed E-state index contributed by atoms with van der Waals surface area (Å²) in [5.41, 5.74) is 0. The number of hydrogen-bond donors (Lipinski definition) is 2. The first kappa shape index (κ1) is 20.3. The van der Waals surface area contributed by atoms with Gasteiger partial charge in [-0.15, -0.1) is 10.2 Å². The summed E-state index contributed by atoms with van der Waals surface area (Å²) in [7, 11) is 0. The SMILES string of the molecule is CCC(CN1CCN(c2nnc(NC(=O)NC3CCCC3)s2)CC1)C(C)C. The largest absolute Gasteiger partial charge is 0.344 e. The summed E-state index contributed by atoms with van der Waals surface area (Å²) < 4.78 is 0. The van der Waals surface area contributed by atoms with Gasteiger partial charge in [-0.05, 0) is 24.7 Å². The zero-order valence-electron chi connectivity index (χ0n) is 16.9. The van der Waals surface area contributed by atoms with Crippen molar-refractivity contribution in [2.45, 2.75) is 58.9 Å². The van der Waals surface area contributed by atoms with Crippen LogP contribution in [0, 0.1) is 11.8 Å². The minimum Gasteiger partial charge on any atom is -0.344 e. The molecule has 2 heterocycles.